The van der Waals surface area contributed by atoms with Crippen LogP contribution in [0.2, 0.25) is 0 Å². The first kappa shape index (κ1) is 14.9. The van der Waals surface area contributed by atoms with Crippen LogP contribution in [0.4, 0.5) is 0 Å². The number of allylic oxidation sites excluding steroid dienone is 4. The minimum absolute atomic E-state index is 0.0121. The van der Waals surface area contributed by atoms with Crippen molar-refractivity contribution in [3.63, 3.8) is 0 Å². The molecule has 0 bridgehead atoms. The molecule has 18 heavy (non-hydrogen) atoms. The fourth-order valence-electron chi connectivity index (χ4n) is 3.21. The van der Waals surface area contributed by atoms with Crippen molar-refractivity contribution in [1.29, 1.82) is 0 Å². The molecule has 0 unspecified atom stereocenters. The average molecular weight is 248 g/mol. The summed E-state index contributed by atoms with van der Waals surface area (Å²) < 4.78 is 0. The van der Waals surface area contributed by atoms with Crippen molar-refractivity contribution in [2.45, 2.75) is 48.5 Å². The van der Waals surface area contributed by atoms with Gasteiger partial charge in [-0.25, -0.2) is 0 Å². The summed E-state index contributed by atoms with van der Waals surface area (Å²) in [6.07, 6.45) is 2.79. The molecule has 0 saturated heterocycles. The quantitative estimate of drug-likeness (QED) is 0.663. The predicted octanol–water partition coefficient (Wildman–Crippen LogP) is 3.72. The molecular formula is C16H24O2. The highest BCUT2D eigenvalue weighted by Crippen LogP contribution is 2.46. The highest BCUT2D eigenvalue weighted by molar-refractivity contribution is 6.20. The minimum atomic E-state index is -0.0596. The van der Waals surface area contributed by atoms with Crippen LogP contribution in [-0.4, -0.2) is 11.6 Å². The summed E-state index contributed by atoms with van der Waals surface area (Å²) in [5, 5.41) is 0. The Morgan fingerprint density at radius 2 is 1.22 bits per heavy atom. The van der Waals surface area contributed by atoms with E-state index in [-0.39, 0.29) is 28.3 Å². The lowest BCUT2D eigenvalue weighted by Gasteiger charge is -2.42. The van der Waals surface area contributed by atoms with Crippen molar-refractivity contribution in [2.24, 2.45) is 16.7 Å². The van der Waals surface area contributed by atoms with Crippen LogP contribution in [-0.2, 0) is 9.59 Å². The van der Waals surface area contributed by atoms with Gasteiger partial charge in [0.2, 0.25) is 0 Å². The Bertz CT molecular complexity index is 423. The Balaban J connectivity index is 3.43. The van der Waals surface area contributed by atoms with E-state index in [1.54, 1.807) is 6.92 Å². The standard InChI is InChI=1S/C16H24O2/c1-10-11(17)8-9-12(18)13(10)14(15(2,3)4)16(5,6)7/h8-9,14H,1-7H3. The normalized spacial score (nSPS) is 18.0. The van der Waals surface area contributed by atoms with E-state index in [2.05, 4.69) is 41.5 Å². The molecule has 1 rings (SSSR count). The summed E-state index contributed by atoms with van der Waals surface area (Å²) in [5.41, 5.74) is 1.19. The van der Waals surface area contributed by atoms with E-state index in [1.807, 2.05) is 0 Å². The second kappa shape index (κ2) is 4.49. The number of hydrogen-bond donors (Lipinski definition) is 0. The summed E-state index contributed by atoms with van der Waals surface area (Å²) in [7, 11) is 0. The lowest BCUT2D eigenvalue weighted by Crippen LogP contribution is -2.38. The zero-order chi connectivity index (χ0) is 14.3. The van der Waals surface area contributed by atoms with Gasteiger partial charge in [0.05, 0.1) is 0 Å². The van der Waals surface area contributed by atoms with Gasteiger partial charge in [0.15, 0.2) is 11.6 Å². The Morgan fingerprint density at radius 1 is 0.833 bits per heavy atom. The van der Waals surface area contributed by atoms with E-state index in [1.165, 1.54) is 12.2 Å². The SMILES string of the molecule is CC1=C(C(C(C)(C)C)C(C)(C)C)C(=O)C=CC1=O. The third-order valence-corrected chi connectivity index (χ3v) is 3.45. The van der Waals surface area contributed by atoms with Crippen LogP contribution < -0.4 is 0 Å². The lowest BCUT2D eigenvalue weighted by atomic mass is 9.61. The zero-order valence-electron chi connectivity index (χ0n) is 12.5. The molecule has 2 heteroatoms. The predicted molar refractivity (Wildman–Crippen MR) is 74.3 cm³/mol. The van der Waals surface area contributed by atoms with Crippen LogP contribution in [0.5, 0.6) is 0 Å². The summed E-state index contributed by atoms with van der Waals surface area (Å²) >= 11 is 0. The maximum Gasteiger partial charge on any atom is 0.182 e. The van der Waals surface area contributed by atoms with Crippen LogP contribution in [0.15, 0.2) is 23.3 Å². The number of rotatable bonds is 1. The molecule has 0 spiro atoms. The van der Waals surface area contributed by atoms with E-state index in [0.717, 1.165) is 0 Å². The van der Waals surface area contributed by atoms with E-state index in [0.29, 0.717) is 11.1 Å². The Kier molecular flexibility index (Phi) is 3.71. The largest absolute Gasteiger partial charge is 0.290 e. The van der Waals surface area contributed by atoms with Crippen LogP contribution in [0.1, 0.15) is 48.5 Å². The van der Waals surface area contributed by atoms with Crippen molar-refractivity contribution in [2.75, 3.05) is 0 Å². The third kappa shape index (κ3) is 2.80. The zero-order valence-corrected chi connectivity index (χ0v) is 12.5. The van der Waals surface area contributed by atoms with Gasteiger partial charge in [-0.2, -0.15) is 0 Å². The fraction of sp³-hybridized carbons (Fsp3) is 0.625. The lowest BCUT2D eigenvalue weighted by molar-refractivity contribution is -0.116. The molecular weight excluding hydrogens is 224 g/mol. The second-order valence-corrected chi connectivity index (χ2v) is 7.27. The van der Waals surface area contributed by atoms with E-state index in [9.17, 15) is 9.59 Å². The van der Waals surface area contributed by atoms with E-state index in [4.69, 9.17) is 0 Å². The van der Waals surface area contributed by atoms with Gasteiger partial charge in [0.1, 0.15) is 0 Å². The molecule has 0 amide bonds. The van der Waals surface area contributed by atoms with Gasteiger partial charge in [-0.05, 0) is 35.8 Å². The van der Waals surface area contributed by atoms with E-state index < -0.39 is 0 Å². The molecule has 0 fully saturated rings. The molecule has 1 aliphatic rings. The summed E-state index contributed by atoms with van der Waals surface area (Å²) in [6.45, 7) is 14.5. The maximum absolute atomic E-state index is 12.2. The monoisotopic (exact) mass is 248 g/mol. The van der Waals surface area contributed by atoms with Crippen LogP contribution in [0.3, 0.4) is 0 Å². The summed E-state index contributed by atoms with van der Waals surface area (Å²) in [6, 6.07) is 0. The van der Waals surface area contributed by atoms with Crippen molar-refractivity contribution < 1.29 is 9.59 Å². The molecule has 0 heterocycles. The van der Waals surface area contributed by atoms with Crippen molar-refractivity contribution in [3.8, 4) is 0 Å². The van der Waals surface area contributed by atoms with Crippen molar-refractivity contribution in [1.82, 2.24) is 0 Å². The van der Waals surface area contributed by atoms with Gasteiger partial charge in [-0.3, -0.25) is 9.59 Å². The first-order valence-corrected chi connectivity index (χ1v) is 6.43. The molecule has 0 aromatic carbocycles. The van der Waals surface area contributed by atoms with Crippen molar-refractivity contribution in [3.05, 3.63) is 23.3 Å². The highest BCUT2D eigenvalue weighted by Gasteiger charge is 2.41. The highest BCUT2D eigenvalue weighted by atomic mass is 16.1. The van der Waals surface area contributed by atoms with Gasteiger partial charge >= 0.3 is 0 Å². The van der Waals surface area contributed by atoms with Gasteiger partial charge in [0, 0.05) is 11.1 Å². The smallest absolute Gasteiger partial charge is 0.182 e. The van der Waals surface area contributed by atoms with Crippen LogP contribution in [0.25, 0.3) is 0 Å². The van der Waals surface area contributed by atoms with Gasteiger partial charge < -0.3 is 0 Å². The van der Waals surface area contributed by atoms with Crippen LogP contribution in [0, 0.1) is 16.7 Å². The second-order valence-electron chi connectivity index (χ2n) is 7.27. The topological polar surface area (TPSA) is 34.1 Å². The van der Waals surface area contributed by atoms with Gasteiger partial charge in [0.25, 0.3) is 0 Å². The molecule has 1 aliphatic carbocycles. The molecule has 0 saturated carbocycles. The Hall–Kier alpha value is -1.18. The number of carbonyl (C=O) groups is 2. The summed E-state index contributed by atoms with van der Waals surface area (Å²) in [4.78, 5) is 24.0. The van der Waals surface area contributed by atoms with Crippen LogP contribution >= 0.6 is 0 Å². The molecule has 0 N–H and O–H groups in total. The molecule has 0 radical (unpaired) electrons. The fourth-order valence-corrected chi connectivity index (χ4v) is 3.21. The number of carbonyl (C=O) groups excluding carboxylic acids is 2. The Morgan fingerprint density at radius 3 is 1.61 bits per heavy atom. The number of hydrogen-bond acceptors (Lipinski definition) is 2. The number of ketones is 2. The average Bonchev–Trinajstić information content (AvgIpc) is 2.14. The van der Waals surface area contributed by atoms with E-state index >= 15 is 0 Å². The summed E-state index contributed by atoms with van der Waals surface area (Å²) in [5.74, 6) is 0.0106. The first-order valence-electron chi connectivity index (χ1n) is 6.43. The first-order chi connectivity index (χ1) is 7.96. The molecule has 100 valence electrons. The molecule has 0 aromatic heterocycles. The third-order valence-electron chi connectivity index (χ3n) is 3.45. The molecule has 0 atom stereocenters. The minimum Gasteiger partial charge on any atom is -0.290 e. The van der Waals surface area contributed by atoms with Gasteiger partial charge in [-0.1, -0.05) is 41.5 Å². The van der Waals surface area contributed by atoms with Crippen molar-refractivity contribution >= 4 is 11.6 Å². The molecule has 0 aliphatic heterocycles. The Labute approximate surface area is 110 Å². The molecule has 0 aromatic rings. The maximum atomic E-state index is 12.2. The van der Waals surface area contributed by atoms with Gasteiger partial charge in [-0.15, -0.1) is 0 Å². The molecule has 2 nitrogen and oxygen atoms in total.